The Morgan fingerprint density at radius 2 is 2.06 bits per heavy atom. The SMILES string of the molecule is CC(C)NC(=O)Nc1ccc(OCC#N)cc1. The predicted molar refractivity (Wildman–Crippen MR) is 64.8 cm³/mol. The topological polar surface area (TPSA) is 74.2 Å². The van der Waals surface area contributed by atoms with Gasteiger partial charge >= 0.3 is 6.03 Å². The van der Waals surface area contributed by atoms with Crippen LogP contribution in [0.15, 0.2) is 24.3 Å². The zero-order valence-corrected chi connectivity index (χ0v) is 9.86. The summed E-state index contributed by atoms with van der Waals surface area (Å²) in [5.41, 5.74) is 0.674. The van der Waals surface area contributed by atoms with Crippen LogP contribution < -0.4 is 15.4 Å². The molecule has 0 heterocycles. The van der Waals surface area contributed by atoms with Crippen molar-refractivity contribution < 1.29 is 9.53 Å². The van der Waals surface area contributed by atoms with Crippen molar-refractivity contribution in [3.63, 3.8) is 0 Å². The van der Waals surface area contributed by atoms with E-state index in [2.05, 4.69) is 10.6 Å². The van der Waals surface area contributed by atoms with Crippen molar-refractivity contribution >= 4 is 11.7 Å². The Morgan fingerprint density at radius 1 is 1.41 bits per heavy atom. The fourth-order valence-electron chi connectivity index (χ4n) is 1.18. The molecule has 1 aromatic rings. The number of benzene rings is 1. The van der Waals surface area contributed by atoms with Crippen LogP contribution in [0.2, 0.25) is 0 Å². The van der Waals surface area contributed by atoms with Crippen LogP contribution in [-0.2, 0) is 0 Å². The molecule has 5 heteroatoms. The molecule has 5 nitrogen and oxygen atoms in total. The van der Waals surface area contributed by atoms with Gasteiger partial charge in [-0.3, -0.25) is 0 Å². The van der Waals surface area contributed by atoms with Crippen molar-refractivity contribution in [2.75, 3.05) is 11.9 Å². The fourth-order valence-corrected chi connectivity index (χ4v) is 1.18. The van der Waals surface area contributed by atoms with E-state index < -0.39 is 0 Å². The second-order valence-electron chi connectivity index (χ2n) is 3.72. The summed E-state index contributed by atoms with van der Waals surface area (Å²) in [5, 5.41) is 13.7. The number of carbonyl (C=O) groups is 1. The first-order valence-corrected chi connectivity index (χ1v) is 5.29. The molecule has 1 aromatic carbocycles. The Labute approximate surface area is 100 Å². The summed E-state index contributed by atoms with van der Waals surface area (Å²) in [5.74, 6) is 0.598. The number of hydrogen-bond acceptors (Lipinski definition) is 3. The number of urea groups is 1. The van der Waals surface area contributed by atoms with Gasteiger partial charge in [0.25, 0.3) is 0 Å². The number of ether oxygens (including phenoxy) is 1. The molecule has 0 saturated carbocycles. The molecule has 0 aliphatic heterocycles. The van der Waals surface area contributed by atoms with Gasteiger partial charge in [-0.1, -0.05) is 0 Å². The molecule has 0 unspecified atom stereocenters. The van der Waals surface area contributed by atoms with Crippen molar-refractivity contribution in [3.05, 3.63) is 24.3 Å². The van der Waals surface area contributed by atoms with Crippen molar-refractivity contribution in [2.45, 2.75) is 19.9 Å². The first kappa shape index (κ1) is 12.8. The lowest BCUT2D eigenvalue weighted by atomic mass is 10.3. The number of carbonyl (C=O) groups excluding carboxylic acids is 1. The Bertz CT molecular complexity index is 407. The second-order valence-corrected chi connectivity index (χ2v) is 3.72. The zero-order valence-electron chi connectivity index (χ0n) is 9.86. The number of nitriles is 1. The maximum Gasteiger partial charge on any atom is 0.319 e. The van der Waals surface area contributed by atoms with Crippen LogP contribution in [0, 0.1) is 11.3 Å². The van der Waals surface area contributed by atoms with Gasteiger partial charge in [0, 0.05) is 11.7 Å². The summed E-state index contributed by atoms with van der Waals surface area (Å²) in [6.07, 6.45) is 0. The molecule has 0 aliphatic rings. The molecule has 0 saturated heterocycles. The summed E-state index contributed by atoms with van der Waals surface area (Å²) in [7, 11) is 0. The highest BCUT2D eigenvalue weighted by Crippen LogP contribution is 2.15. The minimum atomic E-state index is -0.245. The van der Waals surface area contributed by atoms with E-state index in [0.29, 0.717) is 11.4 Å². The maximum absolute atomic E-state index is 11.4. The largest absolute Gasteiger partial charge is 0.479 e. The van der Waals surface area contributed by atoms with Crippen LogP contribution in [0.5, 0.6) is 5.75 Å². The molecule has 0 radical (unpaired) electrons. The summed E-state index contributed by atoms with van der Waals surface area (Å²) < 4.78 is 5.09. The molecule has 0 bridgehead atoms. The predicted octanol–water partition coefficient (Wildman–Crippen LogP) is 2.12. The van der Waals surface area contributed by atoms with Gasteiger partial charge in [0.05, 0.1) is 0 Å². The lowest BCUT2D eigenvalue weighted by Crippen LogP contribution is -2.34. The highest BCUT2D eigenvalue weighted by atomic mass is 16.5. The lowest BCUT2D eigenvalue weighted by molar-refractivity contribution is 0.250. The van der Waals surface area contributed by atoms with Gasteiger partial charge in [0.2, 0.25) is 0 Å². The van der Waals surface area contributed by atoms with E-state index in [0.717, 1.165) is 0 Å². The minimum Gasteiger partial charge on any atom is -0.479 e. The molecule has 0 aromatic heterocycles. The Kier molecular flexibility index (Phi) is 4.82. The quantitative estimate of drug-likeness (QED) is 0.836. The Hall–Kier alpha value is -2.22. The van der Waals surface area contributed by atoms with Gasteiger partial charge in [-0.2, -0.15) is 5.26 Å². The van der Waals surface area contributed by atoms with E-state index in [1.54, 1.807) is 24.3 Å². The molecular weight excluding hydrogens is 218 g/mol. The van der Waals surface area contributed by atoms with Crippen LogP contribution in [0.3, 0.4) is 0 Å². The van der Waals surface area contributed by atoms with Gasteiger partial charge in [-0.25, -0.2) is 4.79 Å². The zero-order chi connectivity index (χ0) is 12.7. The molecule has 90 valence electrons. The van der Waals surface area contributed by atoms with E-state index in [1.807, 2.05) is 19.9 Å². The van der Waals surface area contributed by atoms with Gasteiger partial charge < -0.3 is 15.4 Å². The summed E-state index contributed by atoms with van der Waals surface area (Å²) >= 11 is 0. The van der Waals surface area contributed by atoms with Crippen LogP contribution in [0.25, 0.3) is 0 Å². The van der Waals surface area contributed by atoms with Crippen LogP contribution in [0.1, 0.15) is 13.8 Å². The third kappa shape index (κ3) is 4.89. The lowest BCUT2D eigenvalue weighted by Gasteiger charge is -2.10. The third-order valence-corrected chi connectivity index (χ3v) is 1.84. The van der Waals surface area contributed by atoms with Crippen molar-refractivity contribution in [3.8, 4) is 11.8 Å². The van der Waals surface area contributed by atoms with Crippen LogP contribution in [-0.4, -0.2) is 18.7 Å². The van der Waals surface area contributed by atoms with Crippen LogP contribution >= 0.6 is 0 Å². The molecule has 0 fully saturated rings. The van der Waals surface area contributed by atoms with E-state index in [-0.39, 0.29) is 18.7 Å². The van der Waals surface area contributed by atoms with E-state index in [4.69, 9.17) is 10.00 Å². The van der Waals surface area contributed by atoms with Gasteiger partial charge in [0.15, 0.2) is 6.61 Å². The number of rotatable bonds is 4. The number of nitrogens with one attached hydrogen (secondary N) is 2. The highest BCUT2D eigenvalue weighted by molar-refractivity contribution is 5.89. The molecule has 0 atom stereocenters. The minimum absolute atomic E-state index is 0.0145. The van der Waals surface area contributed by atoms with Gasteiger partial charge in [-0.05, 0) is 38.1 Å². The molecule has 0 aliphatic carbocycles. The molecule has 0 spiro atoms. The maximum atomic E-state index is 11.4. The Balaban J connectivity index is 2.51. The van der Waals surface area contributed by atoms with Gasteiger partial charge in [-0.15, -0.1) is 0 Å². The van der Waals surface area contributed by atoms with E-state index in [9.17, 15) is 4.79 Å². The molecule has 1 rings (SSSR count). The summed E-state index contributed by atoms with van der Waals surface area (Å²) in [6, 6.07) is 8.55. The molecule has 2 amide bonds. The molecule has 2 N–H and O–H groups in total. The highest BCUT2D eigenvalue weighted by Gasteiger charge is 2.03. The Morgan fingerprint density at radius 3 is 2.59 bits per heavy atom. The molecular formula is C12H15N3O2. The number of hydrogen-bond donors (Lipinski definition) is 2. The summed E-state index contributed by atoms with van der Waals surface area (Å²) in [4.78, 5) is 11.4. The smallest absolute Gasteiger partial charge is 0.319 e. The fraction of sp³-hybridized carbons (Fsp3) is 0.333. The average molecular weight is 233 g/mol. The van der Waals surface area contributed by atoms with E-state index in [1.165, 1.54) is 0 Å². The third-order valence-electron chi connectivity index (χ3n) is 1.84. The van der Waals surface area contributed by atoms with Crippen molar-refractivity contribution in [1.82, 2.24) is 5.32 Å². The average Bonchev–Trinajstić information content (AvgIpc) is 2.27. The normalized spacial score (nSPS) is 9.53. The monoisotopic (exact) mass is 233 g/mol. The summed E-state index contributed by atoms with van der Waals surface area (Å²) in [6.45, 7) is 3.79. The van der Waals surface area contributed by atoms with Crippen molar-refractivity contribution in [2.24, 2.45) is 0 Å². The van der Waals surface area contributed by atoms with Crippen molar-refractivity contribution in [1.29, 1.82) is 5.26 Å². The number of anilines is 1. The molecule has 17 heavy (non-hydrogen) atoms. The number of amides is 2. The first-order chi connectivity index (χ1) is 8.11. The van der Waals surface area contributed by atoms with Crippen LogP contribution in [0.4, 0.5) is 10.5 Å². The van der Waals surface area contributed by atoms with E-state index >= 15 is 0 Å². The first-order valence-electron chi connectivity index (χ1n) is 5.29. The number of nitrogens with zero attached hydrogens (tertiary/aromatic N) is 1. The second kappa shape index (κ2) is 6.38. The van der Waals surface area contributed by atoms with Gasteiger partial charge in [0.1, 0.15) is 11.8 Å². The standard InChI is InChI=1S/C12H15N3O2/c1-9(2)14-12(16)15-10-3-5-11(6-4-10)17-8-7-13/h3-6,9H,8H2,1-2H3,(H2,14,15,16).